The number of ether oxygens (including phenoxy) is 1. The van der Waals surface area contributed by atoms with Crippen LogP contribution in [0.25, 0.3) is 0 Å². The summed E-state index contributed by atoms with van der Waals surface area (Å²) in [7, 11) is -0.227. The summed E-state index contributed by atoms with van der Waals surface area (Å²) in [5, 5.41) is 7.43. The van der Waals surface area contributed by atoms with E-state index < -0.39 is 10.0 Å². The maximum Gasteiger partial charge on any atom is 0.262 e. The number of hydrogen-bond donors (Lipinski definition) is 1. The summed E-state index contributed by atoms with van der Waals surface area (Å²) in [4.78, 5) is 8.83. The van der Waals surface area contributed by atoms with Gasteiger partial charge in [0, 0.05) is 51.2 Å². The van der Waals surface area contributed by atoms with Crippen LogP contribution in [0.4, 0.5) is 0 Å². The van der Waals surface area contributed by atoms with Crippen molar-refractivity contribution in [3.63, 3.8) is 0 Å². The SMILES string of the molecule is COC[C@@H]1CN(S(=O)(=O)c2cn(C)c(C)n2)C[C@H]1c1nc(C2CC2)n[nH]1. The van der Waals surface area contributed by atoms with Gasteiger partial charge in [-0.05, 0) is 19.8 Å². The van der Waals surface area contributed by atoms with Crippen molar-refractivity contribution in [3.05, 3.63) is 23.7 Å². The van der Waals surface area contributed by atoms with E-state index in [4.69, 9.17) is 4.74 Å². The third-order valence-corrected chi connectivity index (χ3v) is 7.00. The monoisotopic (exact) mass is 380 g/mol. The summed E-state index contributed by atoms with van der Waals surface area (Å²) in [6.07, 6.45) is 3.81. The molecule has 4 rings (SSSR count). The molecule has 2 atom stereocenters. The van der Waals surface area contributed by atoms with Crippen LogP contribution in [0, 0.1) is 12.8 Å². The second-order valence-corrected chi connectivity index (χ2v) is 9.12. The molecule has 2 aromatic rings. The molecular weight excluding hydrogens is 356 g/mol. The van der Waals surface area contributed by atoms with Gasteiger partial charge in [0.1, 0.15) is 11.6 Å². The Morgan fingerprint density at radius 3 is 2.69 bits per heavy atom. The smallest absolute Gasteiger partial charge is 0.262 e. The molecule has 0 amide bonds. The molecule has 0 unspecified atom stereocenters. The number of imidazole rings is 1. The van der Waals surface area contributed by atoms with Crippen LogP contribution in [0.1, 0.15) is 42.2 Å². The van der Waals surface area contributed by atoms with E-state index >= 15 is 0 Å². The van der Waals surface area contributed by atoms with Crippen LogP contribution in [-0.2, 0) is 21.8 Å². The van der Waals surface area contributed by atoms with Crippen molar-refractivity contribution >= 4 is 10.0 Å². The first-order valence-corrected chi connectivity index (χ1v) is 10.3. The van der Waals surface area contributed by atoms with Crippen molar-refractivity contribution < 1.29 is 13.2 Å². The Labute approximate surface area is 152 Å². The summed E-state index contributed by atoms with van der Waals surface area (Å²) < 4.78 is 34.6. The van der Waals surface area contributed by atoms with Gasteiger partial charge in [-0.1, -0.05) is 0 Å². The molecule has 10 heteroatoms. The van der Waals surface area contributed by atoms with E-state index in [1.54, 1.807) is 31.8 Å². The maximum absolute atomic E-state index is 13.0. The van der Waals surface area contributed by atoms with Gasteiger partial charge in [-0.25, -0.2) is 18.4 Å². The van der Waals surface area contributed by atoms with E-state index in [9.17, 15) is 8.42 Å². The molecule has 0 bridgehead atoms. The highest BCUT2D eigenvalue weighted by Gasteiger charge is 2.43. The van der Waals surface area contributed by atoms with E-state index in [-0.39, 0.29) is 16.9 Å². The van der Waals surface area contributed by atoms with Gasteiger partial charge in [-0.3, -0.25) is 5.10 Å². The number of aromatic amines is 1. The highest BCUT2D eigenvalue weighted by molar-refractivity contribution is 7.89. The number of H-pyrrole nitrogens is 1. The molecule has 2 aromatic heterocycles. The highest BCUT2D eigenvalue weighted by atomic mass is 32.2. The van der Waals surface area contributed by atoms with Crippen LogP contribution in [0.15, 0.2) is 11.2 Å². The third kappa shape index (κ3) is 3.06. The second-order valence-electron chi connectivity index (χ2n) is 7.23. The third-order valence-electron chi connectivity index (χ3n) is 5.29. The number of aromatic nitrogens is 5. The Kier molecular flexibility index (Phi) is 4.36. The average molecular weight is 380 g/mol. The Balaban J connectivity index is 1.60. The van der Waals surface area contributed by atoms with Crippen molar-refractivity contribution in [2.45, 2.75) is 36.6 Å². The van der Waals surface area contributed by atoms with Crippen molar-refractivity contribution in [2.75, 3.05) is 26.8 Å². The van der Waals surface area contributed by atoms with Gasteiger partial charge in [-0.2, -0.15) is 9.40 Å². The largest absolute Gasteiger partial charge is 0.384 e. The summed E-state index contributed by atoms with van der Waals surface area (Å²) in [6.45, 7) is 2.99. The summed E-state index contributed by atoms with van der Waals surface area (Å²) in [5.41, 5.74) is 0. The van der Waals surface area contributed by atoms with E-state index in [1.165, 1.54) is 4.31 Å². The minimum absolute atomic E-state index is 0.0274. The predicted molar refractivity (Wildman–Crippen MR) is 93.2 cm³/mol. The number of aryl methyl sites for hydroxylation is 2. The first kappa shape index (κ1) is 17.6. The van der Waals surface area contributed by atoms with Crippen LogP contribution >= 0.6 is 0 Å². The molecule has 1 N–H and O–H groups in total. The molecule has 9 nitrogen and oxygen atoms in total. The summed E-state index contributed by atoms with van der Waals surface area (Å²) in [5.74, 6) is 2.69. The number of sulfonamides is 1. The zero-order chi connectivity index (χ0) is 18.5. The molecule has 0 aromatic carbocycles. The summed E-state index contributed by atoms with van der Waals surface area (Å²) in [6, 6.07) is 0. The number of nitrogens with zero attached hydrogens (tertiary/aromatic N) is 5. The fourth-order valence-electron chi connectivity index (χ4n) is 3.48. The molecule has 3 heterocycles. The molecule has 142 valence electrons. The minimum Gasteiger partial charge on any atom is -0.384 e. The zero-order valence-corrected chi connectivity index (χ0v) is 16.0. The lowest BCUT2D eigenvalue weighted by Gasteiger charge is -2.14. The maximum atomic E-state index is 13.0. The normalized spacial score (nSPS) is 24.4. The molecule has 1 aliphatic heterocycles. The van der Waals surface area contributed by atoms with Crippen molar-refractivity contribution in [1.29, 1.82) is 0 Å². The van der Waals surface area contributed by atoms with Crippen LogP contribution in [-0.4, -0.2) is 64.3 Å². The molecule has 26 heavy (non-hydrogen) atoms. The molecule has 0 spiro atoms. The highest BCUT2D eigenvalue weighted by Crippen LogP contribution is 2.39. The zero-order valence-electron chi connectivity index (χ0n) is 15.2. The lowest BCUT2D eigenvalue weighted by atomic mass is 9.96. The van der Waals surface area contributed by atoms with Crippen molar-refractivity contribution in [1.82, 2.24) is 29.0 Å². The Bertz CT molecular complexity index is 881. The van der Waals surface area contributed by atoms with Gasteiger partial charge < -0.3 is 9.30 Å². The predicted octanol–water partition coefficient (Wildman–Crippen LogP) is 0.775. The molecule has 2 aliphatic rings. The van der Waals surface area contributed by atoms with Crippen molar-refractivity contribution in [2.24, 2.45) is 13.0 Å². The first-order chi connectivity index (χ1) is 12.4. The Hall–Kier alpha value is -1.78. The minimum atomic E-state index is -3.65. The standard InChI is InChI=1S/C16H24N6O3S/c1-10-17-14(8-21(10)2)26(23,24)22-6-12(9-25-3)13(7-22)16-18-15(19-20-16)11-4-5-11/h8,11-13H,4-7,9H2,1-3H3,(H,18,19,20)/t12-,13+/m0/s1. The Morgan fingerprint density at radius 1 is 1.31 bits per heavy atom. The van der Waals surface area contributed by atoms with E-state index in [0.717, 1.165) is 24.5 Å². The second kappa shape index (κ2) is 6.43. The molecule has 1 saturated heterocycles. The molecule has 2 fully saturated rings. The van der Waals surface area contributed by atoms with Gasteiger partial charge >= 0.3 is 0 Å². The van der Waals surface area contributed by atoms with Gasteiger partial charge in [0.2, 0.25) is 0 Å². The fraction of sp³-hybridized carbons (Fsp3) is 0.688. The molecule has 1 saturated carbocycles. The molecule has 1 aliphatic carbocycles. The van der Waals surface area contributed by atoms with Crippen LogP contribution in [0.3, 0.4) is 0 Å². The average Bonchev–Trinajstić information content (AvgIpc) is 3.02. The number of rotatable bonds is 6. The van der Waals surface area contributed by atoms with Crippen LogP contribution < -0.4 is 0 Å². The van der Waals surface area contributed by atoms with Crippen LogP contribution in [0.2, 0.25) is 0 Å². The lowest BCUT2D eigenvalue weighted by Crippen LogP contribution is -2.29. The fourth-order valence-corrected chi connectivity index (χ4v) is 5.03. The molecular formula is C16H24N6O3S. The van der Waals surface area contributed by atoms with Crippen LogP contribution in [0.5, 0.6) is 0 Å². The Morgan fingerprint density at radius 2 is 2.08 bits per heavy atom. The van der Waals surface area contributed by atoms with Gasteiger partial charge in [-0.15, -0.1) is 0 Å². The first-order valence-electron chi connectivity index (χ1n) is 8.81. The van der Waals surface area contributed by atoms with Gasteiger partial charge in [0.05, 0.1) is 6.61 Å². The van der Waals surface area contributed by atoms with Crippen molar-refractivity contribution in [3.8, 4) is 0 Å². The van der Waals surface area contributed by atoms with E-state index in [2.05, 4.69) is 20.2 Å². The van der Waals surface area contributed by atoms with Gasteiger partial charge in [0.15, 0.2) is 10.9 Å². The topological polar surface area (TPSA) is 106 Å². The summed E-state index contributed by atoms with van der Waals surface area (Å²) >= 11 is 0. The van der Waals surface area contributed by atoms with Gasteiger partial charge in [0.25, 0.3) is 10.0 Å². The lowest BCUT2D eigenvalue weighted by molar-refractivity contribution is 0.150. The number of hydrogen-bond acceptors (Lipinski definition) is 6. The van der Waals surface area contributed by atoms with E-state index in [1.807, 2.05) is 0 Å². The number of methoxy groups -OCH3 is 1. The molecule has 0 radical (unpaired) electrons. The quantitative estimate of drug-likeness (QED) is 0.794. The number of nitrogens with one attached hydrogen (secondary N) is 1. The van der Waals surface area contributed by atoms with E-state index in [0.29, 0.717) is 31.4 Å².